The molecule has 0 rings (SSSR count). The summed E-state index contributed by atoms with van der Waals surface area (Å²) in [4.78, 5) is 0. The third-order valence-electron chi connectivity index (χ3n) is 4.51. The molecule has 0 spiro atoms. The van der Waals surface area contributed by atoms with E-state index in [-0.39, 0.29) is 0 Å². The summed E-state index contributed by atoms with van der Waals surface area (Å²) < 4.78 is 23.7. The van der Waals surface area contributed by atoms with Crippen LogP contribution in [0.15, 0.2) is 0 Å². The molecule has 0 amide bonds. The first-order chi connectivity index (χ1) is 9.37. The molecule has 0 N–H and O–H groups in total. The zero-order chi connectivity index (χ0) is 15.5. The lowest BCUT2D eigenvalue weighted by Crippen LogP contribution is -2.34. The van der Waals surface area contributed by atoms with Crippen LogP contribution in [0.25, 0.3) is 0 Å². The van der Waals surface area contributed by atoms with Crippen LogP contribution in [0, 0.1) is 0 Å². The molecule has 0 aromatic rings. The van der Waals surface area contributed by atoms with Gasteiger partial charge in [-0.05, 0) is 19.8 Å². The van der Waals surface area contributed by atoms with Crippen LogP contribution >= 0.6 is 0 Å². The first kappa shape index (κ1) is 19.9. The van der Waals surface area contributed by atoms with E-state index in [1.165, 1.54) is 51.2 Å². The van der Waals surface area contributed by atoms with E-state index < -0.39 is 14.6 Å². The summed E-state index contributed by atoms with van der Waals surface area (Å²) in [5.74, 6) is 0. The Labute approximate surface area is 127 Å². The third-order valence-corrected chi connectivity index (χ3v) is 6.71. The minimum absolute atomic E-state index is 0.495. The average Bonchev–Trinajstić information content (AvgIpc) is 2.37. The van der Waals surface area contributed by atoms with E-state index in [0.717, 1.165) is 32.1 Å². The molecule has 0 aliphatic rings. The first-order valence-electron chi connectivity index (χ1n) is 8.57. The molecule has 0 saturated carbocycles. The lowest BCUT2D eigenvalue weighted by molar-refractivity contribution is 0.438. The molecule has 0 saturated heterocycles. The van der Waals surface area contributed by atoms with Gasteiger partial charge >= 0.3 is 0 Å². The van der Waals surface area contributed by atoms with Crippen molar-refractivity contribution in [1.82, 2.24) is 0 Å². The van der Waals surface area contributed by atoms with E-state index >= 15 is 0 Å². The maximum Gasteiger partial charge on any atom is 0.152 e. The van der Waals surface area contributed by atoms with Gasteiger partial charge in [0.1, 0.15) is 0 Å². The second-order valence-corrected chi connectivity index (χ2v) is 9.08. The van der Waals surface area contributed by atoms with E-state index in [0.29, 0.717) is 0 Å². The molecule has 0 bridgehead atoms. The Hall–Kier alpha value is -0.0500. The fourth-order valence-electron chi connectivity index (χ4n) is 2.70. The number of sulfone groups is 1. The average molecular weight is 305 g/mol. The molecule has 0 fully saturated rings. The smallest absolute Gasteiger partial charge is 0.152 e. The Morgan fingerprint density at radius 2 is 1.05 bits per heavy atom. The molecule has 1 unspecified atom stereocenters. The van der Waals surface area contributed by atoms with E-state index in [2.05, 4.69) is 13.8 Å². The fraction of sp³-hybridized carbons (Fsp3) is 1.00. The second-order valence-electron chi connectivity index (χ2n) is 6.55. The van der Waals surface area contributed by atoms with Gasteiger partial charge in [-0.1, -0.05) is 78.1 Å². The zero-order valence-corrected chi connectivity index (χ0v) is 15.0. The monoisotopic (exact) mass is 304 g/mol. The predicted molar refractivity (Wildman–Crippen MR) is 90.0 cm³/mol. The van der Waals surface area contributed by atoms with Crippen LogP contribution in [-0.4, -0.2) is 19.4 Å². The van der Waals surface area contributed by atoms with Gasteiger partial charge in [0.2, 0.25) is 0 Å². The van der Waals surface area contributed by atoms with Crippen molar-refractivity contribution in [3.05, 3.63) is 0 Å². The van der Waals surface area contributed by atoms with Gasteiger partial charge in [-0.15, -0.1) is 0 Å². The van der Waals surface area contributed by atoms with Gasteiger partial charge in [0.05, 0.1) is 4.75 Å². The summed E-state index contributed by atoms with van der Waals surface area (Å²) in [6, 6.07) is 0. The molecule has 0 aliphatic carbocycles. The van der Waals surface area contributed by atoms with Crippen molar-refractivity contribution in [2.75, 3.05) is 6.26 Å². The molecule has 0 aromatic carbocycles. The molecular weight excluding hydrogens is 268 g/mol. The van der Waals surface area contributed by atoms with Gasteiger partial charge in [0.15, 0.2) is 9.84 Å². The Balaban J connectivity index is 4.14. The molecular formula is C17H36O2S. The van der Waals surface area contributed by atoms with E-state index in [1.807, 2.05) is 6.92 Å². The second kappa shape index (κ2) is 10.6. The summed E-state index contributed by atoms with van der Waals surface area (Å²) in [5, 5.41) is 0. The Bertz CT molecular complexity index is 322. The number of hydrogen-bond acceptors (Lipinski definition) is 2. The highest BCUT2D eigenvalue weighted by atomic mass is 32.2. The Morgan fingerprint density at radius 1 is 0.700 bits per heavy atom. The van der Waals surface area contributed by atoms with Crippen molar-refractivity contribution < 1.29 is 8.42 Å². The summed E-state index contributed by atoms with van der Waals surface area (Å²) in [6.45, 7) is 6.36. The largest absolute Gasteiger partial charge is 0.229 e. The zero-order valence-electron chi connectivity index (χ0n) is 14.2. The van der Waals surface area contributed by atoms with Crippen LogP contribution in [0.3, 0.4) is 0 Å². The lowest BCUT2D eigenvalue weighted by Gasteiger charge is -2.28. The standard InChI is InChI=1S/C17H36O2S/c1-5-7-9-11-12-14-16-17(3,20(4,18)19)15-13-10-8-6-2/h5-16H2,1-4H3. The highest BCUT2D eigenvalue weighted by molar-refractivity contribution is 7.92. The maximum absolute atomic E-state index is 12.1. The molecule has 122 valence electrons. The van der Waals surface area contributed by atoms with Crippen LogP contribution < -0.4 is 0 Å². The van der Waals surface area contributed by atoms with Crippen molar-refractivity contribution in [3.8, 4) is 0 Å². The molecule has 0 radical (unpaired) electrons. The Morgan fingerprint density at radius 3 is 1.45 bits per heavy atom. The van der Waals surface area contributed by atoms with Gasteiger partial charge in [0, 0.05) is 6.26 Å². The van der Waals surface area contributed by atoms with Gasteiger partial charge in [-0.25, -0.2) is 8.42 Å². The number of hydrogen-bond donors (Lipinski definition) is 0. The quantitative estimate of drug-likeness (QED) is 0.420. The molecule has 1 atom stereocenters. The minimum Gasteiger partial charge on any atom is -0.229 e. The summed E-state index contributed by atoms with van der Waals surface area (Å²) in [6.07, 6.45) is 15.1. The van der Waals surface area contributed by atoms with Crippen LogP contribution in [0.1, 0.15) is 97.8 Å². The topological polar surface area (TPSA) is 34.1 Å². The van der Waals surface area contributed by atoms with E-state index in [1.54, 1.807) is 0 Å². The van der Waals surface area contributed by atoms with Gasteiger partial charge in [-0.2, -0.15) is 0 Å². The number of unbranched alkanes of at least 4 members (excludes halogenated alkanes) is 8. The maximum atomic E-state index is 12.1. The third kappa shape index (κ3) is 8.28. The first-order valence-corrected chi connectivity index (χ1v) is 10.5. The van der Waals surface area contributed by atoms with Gasteiger partial charge in [0.25, 0.3) is 0 Å². The normalized spacial score (nSPS) is 15.2. The highest BCUT2D eigenvalue weighted by Crippen LogP contribution is 2.30. The Kier molecular flexibility index (Phi) is 10.6. The van der Waals surface area contributed by atoms with Crippen LogP contribution in [-0.2, 0) is 9.84 Å². The van der Waals surface area contributed by atoms with Crippen molar-refractivity contribution in [2.24, 2.45) is 0 Å². The lowest BCUT2D eigenvalue weighted by atomic mass is 9.95. The van der Waals surface area contributed by atoms with Crippen LogP contribution in [0.5, 0.6) is 0 Å². The fourth-order valence-corrected chi connectivity index (χ4v) is 3.73. The van der Waals surface area contributed by atoms with Crippen molar-refractivity contribution in [1.29, 1.82) is 0 Å². The molecule has 0 aromatic heterocycles. The van der Waals surface area contributed by atoms with Gasteiger partial charge < -0.3 is 0 Å². The van der Waals surface area contributed by atoms with Gasteiger partial charge in [-0.3, -0.25) is 0 Å². The predicted octanol–water partition coefficient (Wildman–Crippen LogP) is 5.51. The minimum atomic E-state index is -2.95. The van der Waals surface area contributed by atoms with Crippen LogP contribution in [0.2, 0.25) is 0 Å². The molecule has 0 heterocycles. The molecule has 3 heteroatoms. The molecule has 0 aliphatic heterocycles. The van der Waals surface area contributed by atoms with E-state index in [9.17, 15) is 8.42 Å². The van der Waals surface area contributed by atoms with Crippen molar-refractivity contribution in [2.45, 2.75) is 103 Å². The molecule has 20 heavy (non-hydrogen) atoms. The molecule has 2 nitrogen and oxygen atoms in total. The van der Waals surface area contributed by atoms with Crippen molar-refractivity contribution in [3.63, 3.8) is 0 Å². The summed E-state index contributed by atoms with van der Waals surface area (Å²) in [5.41, 5.74) is 0. The summed E-state index contributed by atoms with van der Waals surface area (Å²) >= 11 is 0. The van der Waals surface area contributed by atoms with Crippen LogP contribution in [0.4, 0.5) is 0 Å². The van der Waals surface area contributed by atoms with Crippen molar-refractivity contribution >= 4 is 9.84 Å². The number of rotatable bonds is 13. The van der Waals surface area contributed by atoms with E-state index in [4.69, 9.17) is 0 Å². The highest BCUT2D eigenvalue weighted by Gasteiger charge is 2.34. The SMILES string of the molecule is CCCCCCCCC(C)(CCCCCC)S(C)(=O)=O. The summed E-state index contributed by atoms with van der Waals surface area (Å²) in [7, 11) is -2.95.